The molecule has 0 fully saturated rings. The predicted octanol–water partition coefficient (Wildman–Crippen LogP) is 0.609. The van der Waals surface area contributed by atoms with E-state index in [9.17, 15) is 18.0 Å². The summed E-state index contributed by atoms with van der Waals surface area (Å²) < 4.78 is 32.1. The molecule has 9 heteroatoms. The fourth-order valence-electron chi connectivity index (χ4n) is 1.67. The van der Waals surface area contributed by atoms with Gasteiger partial charge in [0.05, 0.1) is 13.5 Å². The summed E-state index contributed by atoms with van der Waals surface area (Å²) in [6.07, 6.45) is 1.15. The van der Waals surface area contributed by atoms with Crippen LogP contribution >= 0.6 is 0 Å². The van der Waals surface area contributed by atoms with Gasteiger partial charge >= 0.3 is 11.9 Å². The van der Waals surface area contributed by atoms with Crippen LogP contribution in [0.4, 0.5) is 0 Å². The van der Waals surface area contributed by atoms with Gasteiger partial charge in [0.1, 0.15) is 10.6 Å². The third-order valence-electron chi connectivity index (χ3n) is 2.76. The van der Waals surface area contributed by atoms with Crippen LogP contribution in [0.1, 0.15) is 36.8 Å². The fraction of sp³-hybridized carbons (Fsp3) is 0.500. The Morgan fingerprint density at radius 1 is 1.43 bits per heavy atom. The summed E-state index contributed by atoms with van der Waals surface area (Å²) in [5.74, 6) is -1.75. The van der Waals surface area contributed by atoms with Gasteiger partial charge in [-0.3, -0.25) is 4.79 Å². The van der Waals surface area contributed by atoms with E-state index in [2.05, 4.69) is 9.46 Å². The Hall–Kier alpha value is -1.87. The Morgan fingerprint density at radius 2 is 2.05 bits per heavy atom. The zero-order valence-electron chi connectivity index (χ0n) is 12.0. The topological polar surface area (TPSA) is 115 Å². The number of rotatable bonds is 7. The molecule has 0 radical (unpaired) electrons. The molecule has 0 aliphatic carbocycles. The summed E-state index contributed by atoms with van der Waals surface area (Å²) in [5, 5.41) is 9.08. The molecule has 0 bridgehead atoms. The molecule has 0 aliphatic heterocycles. The molecular weight excluding hydrogens is 300 g/mol. The molecule has 21 heavy (non-hydrogen) atoms. The number of nitrogens with one attached hydrogen (secondary N) is 1. The van der Waals surface area contributed by atoms with Crippen molar-refractivity contribution >= 4 is 22.0 Å². The summed E-state index contributed by atoms with van der Waals surface area (Å²) in [4.78, 5) is 21.9. The number of methoxy groups -OCH3 is 1. The highest BCUT2D eigenvalue weighted by Gasteiger charge is 2.22. The van der Waals surface area contributed by atoms with Gasteiger partial charge in [-0.2, -0.15) is 0 Å². The zero-order valence-corrected chi connectivity index (χ0v) is 12.8. The van der Waals surface area contributed by atoms with E-state index in [0.717, 1.165) is 6.07 Å². The van der Waals surface area contributed by atoms with E-state index in [1.807, 2.05) is 0 Å². The SMILES string of the molecule is COC(=O)CCNS(=O)(=O)c1cc(C(=O)O)n(C(C)C)c1. The van der Waals surface area contributed by atoms with E-state index in [1.165, 1.54) is 17.9 Å². The molecule has 118 valence electrons. The number of esters is 1. The first-order chi connectivity index (χ1) is 9.69. The molecule has 0 saturated carbocycles. The van der Waals surface area contributed by atoms with Gasteiger partial charge in [-0.25, -0.2) is 17.9 Å². The maximum atomic E-state index is 12.0. The van der Waals surface area contributed by atoms with Crippen LogP contribution in [0.15, 0.2) is 17.2 Å². The number of hydrogen-bond acceptors (Lipinski definition) is 5. The Balaban J connectivity index is 2.96. The number of aromatic nitrogens is 1. The molecule has 0 aromatic carbocycles. The van der Waals surface area contributed by atoms with Crippen molar-refractivity contribution < 1.29 is 27.9 Å². The second-order valence-corrected chi connectivity index (χ2v) is 6.36. The van der Waals surface area contributed by atoms with Crippen molar-refractivity contribution in [1.29, 1.82) is 0 Å². The maximum Gasteiger partial charge on any atom is 0.352 e. The molecule has 0 amide bonds. The molecule has 0 saturated heterocycles. The monoisotopic (exact) mass is 318 g/mol. The standard InChI is InChI=1S/C12H18N2O6S/c1-8(2)14-7-9(6-10(14)12(16)17)21(18,19)13-5-4-11(15)20-3/h6-8,13H,4-5H2,1-3H3,(H,16,17). The lowest BCUT2D eigenvalue weighted by atomic mass is 10.3. The van der Waals surface area contributed by atoms with Crippen LogP contribution in [-0.4, -0.2) is 43.7 Å². The van der Waals surface area contributed by atoms with Crippen LogP contribution in [0.5, 0.6) is 0 Å². The lowest BCUT2D eigenvalue weighted by molar-refractivity contribution is -0.140. The number of ether oxygens (including phenoxy) is 1. The Morgan fingerprint density at radius 3 is 2.48 bits per heavy atom. The van der Waals surface area contributed by atoms with Gasteiger partial charge in [-0.05, 0) is 19.9 Å². The van der Waals surface area contributed by atoms with E-state index >= 15 is 0 Å². The fourth-order valence-corrected chi connectivity index (χ4v) is 2.73. The molecule has 1 aromatic rings. The van der Waals surface area contributed by atoms with Crippen LogP contribution < -0.4 is 4.72 Å². The van der Waals surface area contributed by atoms with E-state index in [0.29, 0.717) is 0 Å². The van der Waals surface area contributed by atoms with Crippen LogP contribution in [0.3, 0.4) is 0 Å². The molecule has 1 heterocycles. The van der Waals surface area contributed by atoms with Crippen molar-refractivity contribution in [1.82, 2.24) is 9.29 Å². The van der Waals surface area contributed by atoms with Crippen LogP contribution in [0.25, 0.3) is 0 Å². The first-order valence-electron chi connectivity index (χ1n) is 6.20. The number of carboxylic acid groups (broad SMARTS) is 1. The van der Waals surface area contributed by atoms with Gasteiger partial charge in [-0.15, -0.1) is 0 Å². The van der Waals surface area contributed by atoms with Crippen molar-refractivity contribution in [3.63, 3.8) is 0 Å². The molecule has 0 atom stereocenters. The molecule has 8 nitrogen and oxygen atoms in total. The second kappa shape index (κ2) is 6.72. The van der Waals surface area contributed by atoms with Gasteiger partial charge in [0.25, 0.3) is 0 Å². The molecule has 0 unspecified atom stereocenters. The van der Waals surface area contributed by atoms with E-state index in [1.54, 1.807) is 13.8 Å². The number of carbonyl (C=O) groups excluding carboxylic acids is 1. The van der Waals surface area contributed by atoms with Gasteiger partial charge < -0.3 is 14.4 Å². The Bertz CT molecular complexity index is 632. The average molecular weight is 318 g/mol. The molecule has 0 spiro atoms. The summed E-state index contributed by atoms with van der Waals surface area (Å²) in [5.41, 5.74) is -0.113. The van der Waals surface area contributed by atoms with E-state index in [4.69, 9.17) is 5.11 Å². The molecule has 1 rings (SSSR count). The highest BCUT2D eigenvalue weighted by Crippen LogP contribution is 2.18. The lowest BCUT2D eigenvalue weighted by Crippen LogP contribution is -2.26. The quantitative estimate of drug-likeness (QED) is 0.712. The second-order valence-electron chi connectivity index (χ2n) is 4.59. The predicted molar refractivity (Wildman–Crippen MR) is 73.6 cm³/mol. The minimum atomic E-state index is -3.87. The summed E-state index contributed by atoms with van der Waals surface area (Å²) >= 11 is 0. The lowest BCUT2D eigenvalue weighted by Gasteiger charge is -2.09. The number of carboxylic acids is 1. The smallest absolute Gasteiger partial charge is 0.352 e. The Labute approximate surface area is 122 Å². The summed E-state index contributed by atoms with van der Waals surface area (Å²) in [6, 6.07) is 0.887. The third-order valence-corrected chi connectivity index (χ3v) is 4.19. The highest BCUT2D eigenvalue weighted by atomic mass is 32.2. The Kier molecular flexibility index (Phi) is 5.50. The number of nitrogens with zero attached hydrogens (tertiary/aromatic N) is 1. The van der Waals surface area contributed by atoms with Crippen LogP contribution in [0, 0.1) is 0 Å². The number of aromatic carboxylic acids is 1. The van der Waals surface area contributed by atoms with Crippen molar-refractivity contribution in [2.24, 2.45) is 0 Å². The minimum Gasteiger partial charge on any atom is -0.477 e. The first kappa shape index (κ1) is 17.2. The van der Waals surface area contributed by atoms with Crippen molar-refractivity contribution in [2.45, 2.75) is 31.2 Å². The van der Waals surface area contributed by atoms with E-state index < -0.39 is 22.0 Å². The summed E-state index contributed by atoms with van der Waals surface area (Å²) in [7, 11) is -2.67. The van der Waals surface area contributed by atoms with E-state index in [-0.39, 0.29) is 29.6 Å². The number of carbonyl (C=O) groups is 2. The first-order valence-corrected chi connectivity index (χ1v) is 7.69. The van der Waals surface area contributed by atoms with Crippen molar-refractivity contribution in [3.8, 4) is 0 Å². The average Bonchev–Trinajstić information content (AvgIpc) is 2.84. The van der Waals surface area contributed by atoms with Gasteiger partial charge in [-0.1, -0.05) is 0 Å². The zero-order chi connectivity index (χ0) is 16.2. The maximum absolute atomic E-state index is 12.0. The highest BCUT2D eigenvalue weighted by molar-refractivity contribution is 7.89. The third kappa shape index (κ3) is 4.30. The molecular formula is C12H18N2O6S. The minimum absolute atomic E-state index is 0.105. The van der Waals surface area contributed by atoms with Crippen molar-refractivity contribution in [3.05, 3.63) is 18.0 Å². The normalized spacial score (nSPS) is 11.6. The van der Waals surface area contributed by atoms with Crippen LogP contribution in [0.2, 0.25) is 0 Å². The van der Waals surface area contributed by atoms with Gasteiger partial charge in [0, 0.05) is 18.8 Å². The number of sulfonamides is 1. The van der Waals surface area contributed by atoms with Gasteiger partial charge in [0.15, 0.2) is 0 Å². The molecule has 1 aromatic heterocycles. The summed E-state index contributed by atoms with van der Waals surface area (Å²) in [6.45, 7) is 3.37. The van der Waals surface area contributed by atoms with Gasteiger partial charge in [0.2, 0.25) is 10.0 Å². The van der Waals surface area contributed by atoms with Crippen molar-refractivity contribution in [2.75, 3.05) is 13.7 Å². The van der Waals surface area contributed by atoms with Crippen LogP contribution in [-0.2, 0) is 19.6 Å². The molecule has 2 N–H and O–H groups in total. The largest absolute Gasteiger partial charge is 0.477 e. The number of hydrogen-bond donors (Lipinski definition) is 2. The molecule has 0 aliphatic rings.